The van der Waals surface area contributed by atoms with Crippen molar-refractivity contribution in [3.63, 3.8) is 0 Å². The number of amides is 1. The highest BCUT2D eigenvalue weighted by atomic mass is 19.1. The van der Waals surface area contributed by atoms with Gasteiger partial charge in [-0.3, -0.25) is 14.5 Å². The number of carbonyl (C=O) groups excluding carboxylic acids is 1. The van der Waals surface area contributed by atoms with Crippen molar-refractivity contribution < 1.29 is 9.18 Å². The molecule has 3 aromatic heterocycles. The monoisotopic (exact) mass is 396 g/mol. The molecule has 152 valence electrons. The van der Waals surface area contributed by atoms with Gasteiger partial charge in [0.2, 0.25) is 5.91 Å². The van der Waals surface area contributed by atoms with Crippen LogP contribution in [0.15, 0.2) is 36.9 Å². The lowest BCUT2D eigenvalue weighted by molar-refractivity contribution is -0.120. The third-order valence-electron chi connectivity index (χ3n) is 5.48. The highest BCUT2D eigenvalue weighted by Gasteiger charge is 2.26. The number of halogens is 1. The average Bonchev–Trinajstić information content (AvgIpc) is 3.18. The van der Waals surface area contributed by atoms with Gasteiger partial charge in [-0.1, -0.05) is 0 Å². The first kappa shape index (κ1) is 19.4. The molecule has 1 amide bonds. The van der Waals surface area contributed by atoms with Gasteiger partial charge >= 0.3 is 0 Å². The molecule has 2 N–H and O–H groups in total. The third-order valence-corrected chi connectivity index (χ3v) is 5.48. The summed E-state index contributed by atoms with van der Waals surface area (Å²) in [4.78, 5) is 21.5. The van der Waals surface area contributed by atoms with Crippen molar-refractivity contribution >= 4 is 22.6 Å². The molecule has 1 fully saturated rings. The normalized spacial score (nSPS) is 19.4. The predicted molar refractivity (Wildman–Crippen MR) is 110 cm³/mol. The van der Waals surface area contributed by atoms with Crippen molar-refractivity contribution in [3.05, 3.63) is 36.9 Å². The maximum Gasteiger partial charge on any atom is 0.228 e. The minimum atomic E-state index is -0.356. The van der Waals surface area contributed by atoms with Crippen LogP contribution in [0.1, 0.15) is 25.7 Å². The van der Waals surface area contributed by atoms with Gasteiger partial charge in [-0.2, -0.15) is 5.10 Å². The highest BCUT2D eigenvalue weighted by molar-refractivity contribution is 5.94. The number of rotatable bonds is 6. The molecule has 0 aromatic carbocycles. The van der Waals surface area contributed by atoms with Crippen LogP contribution in [0.2, 0.25) is 0 Å². The molecule has 0 saturated heterocycles. The van der Waals surface area contributed by atoms with E-state index in [-0.39, 0.29) is 18.5 Å². The van der Waals surface area contributed by atoms with Crippen molar-refractivity contribution in [2.45, 2.75) is 31.7 Å². The van der Waals surface area contributed by atoms with E-state index in [9.17, 15) is 9.18 Å². The Morgan fingerprint density at radius 1 is 1.14 bits per heavy atom. The van der Waals surface area contributed by atoms with Gasteiger partial charge in [-0.05, 0) is 37.8 Å². The van der Waals surface area contributed by atoms with Crippen LogP contribution in [0.3, 0.4) is 0 Å². The Morgan fingerprint density at radius 3 is 2.69 bits per heavy atom. The molecule has 1 aliphatic rings. The Balaban J connectivity index is 1.43. The van der Waals surface area contributed by atoms with E-state index in [0.29, 0.717) is 18.4 Å². The van der Waals surface area contributed by atoms with Gasteiger partial charge < -0.3 is 10.6 Å². The second-order valence-electron chi connectivity index (χ2n) is 7.57. The first-order valence-electron chi connectivity index (χ1n) is 9.97. The van der Waals surface area contributed by atoms with E-state index in [1.165, 1.54) is 0 Å². The number of alkyl halides is 1. The number of carbonyl (C=O) groups is 1. The van der Waals surface area contributed by atoms with Gasteiger partial charge in [0.25, 0.3) is 0 Å². The molecule has 0 spiro atoms. The van der Waals surface area contributed by atoms with Crippen molar-refractivity contribution in [3.8, 4) is 11.1 Å². The zero-order chi connectivity index (χ0) is 20.2. The van der Waals surface area contributed by atoms with Crippen molar-refractivity contribution in [1.29, 1.82) is 0 Å². The third kappa shape index (κ3) is 4.59. The van der Waals surface area contributed by atoms with Crippen molar-refractivity contribution in [2.75, 3.05) is 18.5 Å². The fourth-order valence-corrected chi connectivity index (χ4v) is 3.87. The molecule has 1 aliphatic carbocycles. The van der Waals surface area contributed by atoms with Crippen LogP contribution in [-0.2, 0) is 11.8 Å². The number of aromatic nitrogens is 4. The van der Waals surface area contributed by atoms with Gasteiger partial charge in [0.05, 0.1) is 17.9 Å². The molecule has 3 heterocycles. The number of aryl methyl sites for hydroxylation is 1. The summed E-state index contributed by atoms with van der Waals surface area (Å²) in [5, 5.41) is 11.3. The van der Waals surface area contributed by atoms with E-state index in [0.717, 1.165) is 47.7 Å². The summed E-state index contributed by atoms with van der Waals surface area (Å²) >= 11 is 0. The minimum absolute atomic E-state index is 0.00263. The Morgan fingerprint density at radius 2 is 1.97 bits per heavy atom. The fourth-order valence-electron chi connectivity index (χ4n) is 3.87. The number of fused-ring (bicyclic) bond motifs is 1. The number of nitrogens with one attached hydrogen (secondary N) is 2. The van der Waals surface area contributed by atoms with E-state index in [1.54, 1.807) is 23.3 Å². The second-order valence-corrected chi connectivity index (χ2v) is 7.57. The van der Waals surface area contributed by atoms with Crippen LogP contribution < -0.4 is 10.6 Å². The van der Waals surface area contributed by atoms with E-state index in [2.05, 4.69) is 25.7 Å². The van der Waals surface area contributed by atoms with Gasteiger partial charge in [0, 0.05) is 54.5 Å². The lowest BCUT2D eigenvalue weighted by Crippen LogP contribution is -2.37. The molecular formula is C21H25FN6O. The highest BCUT2D eigenvalue weighted by Crippen LogP contribution is 2.27. The zero-order valence-corrected chi connectivity index (χ0v) is 16.4. The largest absolute Gasteiger partial charge is 0.311 e. The maximum absolute atomic E-state index is 12.7. The van der Waals surface area contributed by atoms with Crippen LogP contribution in [0.5, 0.6) is 0 Å². The molecule has 29 heavy (non-hydrogen) atoms. The van der Waals surface area contributed by atoms with Crippen LogP contribution in [0.25, 0.3) is 22.0 Å². The van der Waals surface area contributed by atoms with Crippen LogP contribution in [0.4, 0.5) is 10.2 Å². The Bertz CT molecular complexity index is 996. The summed E-state index contributed by atoms with van der Waals surface area (Å²) in [5.74, 6) is 0.498. The molecule has 4 rings (SSSR count). The van der Waals surface area contributed by atoms with Crippen LogP contribution in [0, 0.1) is 5.92 Å². The first-order chi connectivity index (χ1) is 14.1. The summed E-state index contributed by atoms with van der Waals surface area (Å²) in [5.41, 5.74) is 2.73. The fraction of sp³-hybridized carbons (Fsp3) is 0.429. The zero-order valence-electron chi connectivity index (χ0n) is 16.4. The molecule has 8 heteroatoms. The summed E-state index contributed by atoms with van der Waals surface area (Å²) in [6.07, 6.45) is 10.6. The number of pyridine rings is 2. The molecule has 7 nitrogen and oxygen atoms in total. The number of hydrogen-bond donors (Lipinski definition) is 2. The first-order valence-corrected chi connectivity index (χ1v) is 9.97. The summed E-state index contributed by atoms with van der Waals surface area (Å²) in [7, 11) is 1.88. The minimum Gasteiger partial charge on any atom is -0.311 e. The smallest absolute Gasteiger partial charge is 0.228 e. The summed E-state index contributed by atoms with van der Waals surface area (Å²) < 4.78 is 14.0. The quantitative estimate of drug-likeness (QED) is 0.669. The average molecular weight is 396 g/mol. The molecule has 0 bridgehead atoms. The van der Waals surface area contributed by atoms with Crippen molar-refractivity contribution in [2.24, 2.45) is 13.0 Å². The predicted octanol–water partition coefficient (Wildman–Crippen LogP) is 3.09. The van der Waals surface area contributed by atoms with E-state index >= 15 is 0 Å². The van der Waals surface area contributed by atoms with E-state index < -0.39 is 0 Å². The lowest BCUT2D eigenvalue weighted by atomic mass is 9.85. The van der Waals surface area contributed by atoms with Crippen LogP contribution >= 0.6 is 0 Å². The Labute approximate surface area is 168 Å². The topological polar surface area (TPSA) is 84.7 Å². The van der Waals surface area contributed by atoms with Crippen LogP contribution in [-0.4, -0.2) is 44.9 Å². The Hall–Kier alpha value is -2.87. The molecule has 3 aromatic rings. The number of anilines is 1. The van der Waals surface area contributed by atoms with Gasteiger partial charge in [0.15, 0.2) is 0 Å². The SMILES string of the molecule is Cn1cc(-c2cnc3cnc(NC(=O)[C@H]4CC[C@H](NCCF)CC4)cc3c2)cn1. The standard InChI is InChI=1S/C21H25FN6O/c1-28-13-17(11-26-28)16-8-15-9-20(25-12-19(15)24-10-16)27-21(29)14-2-4-18(5-3-14)23-7-6-22/h8-14,18,23H,2-7H2,1H3,(H,25,27,29)/t14-,18-. The molecule has 1 saturated carbocycles. The molecule has 0 atom stereocenters. The van der Waals surface area contributed by atoms with Gasteiger partial charge in [0.1, 0.15) is 12.5 Å². The molecular weight excluding hydrogens is 371 g/mol. The van der Waals surface area contributed by atoms with E-state index in [1.807, 2.05) is 25.4 Å². The summed E-state index contributed by atoms with van der Waals surface area (Å²) in [6.45, 7) is 0.0308. The summed E-state index contributed by atoms with van der Waals surface area (Å²) in [6, 6.07) is 4.19. The maximum atomic E-state index is 12.7. The Kier molecular flexibility index (Phi) is 5.80. The van der Waals surface area contributed by atoms with Crippen molar-refractivity contribution in [1.82, 2.24) is 25.1 Å². The second kappa shape index (κ2) is 8.65. The van der Waals surface area contributed by atoms with Gasteiger partial charge in [-0.25, -0.2) is 9.37 Å². The van der Waals surface area contributed by atoms with E-state index in [4.69, 9.17) is 0 Å². The number of nitrogens with zero attached hydrogens (tertiary/aromatic N) is 4. The van der Waals surface area contributed by atoms with Gasteiger partial charge in [-0.15, -0.1) is 0 Å². The molecule has 0 radical (unpaired) electrons. The lowest BCUT2D eigenvalue weighted by Gasteiger charge is -2.28. The number of hydrogen-bond acceptors (Lipinski definition) is 5. The molecule has 0 aliphatic heterocycles. The molecule has 0 unspecified atom stereocenters.